The highest BCUT2D eigenvalue weighted by molar-refractivity contribution is 5.94. The highest BCUT2D eigenvalue weighted by Gasteiger charge is 2.21. The van der Waals surface area contributed by atoms with Crippen molar-refractivity contribution in [3.8, 4) is 0 Å². The van der Waals surface area contributed by atoms with E-state index in [2.05, 4.69) is 15.2 Å². The number of nitrogens with one attached hydrogen (secondary N) is 2. The Kier molecular flexibility index (Phi) is 5.59. The summed E-state index contributed by atoms with van der Waals surface area (Å²) in [4.78, 5) is 30.9. The van der Waals surface area contributed by atoms with E-state index in [9.17, 15) is 14.0 Å². The highest BCUT2D eigenvalue weighted by atomic mass is 19.1. The van der Waals surface area contributed by atoms with Crippen molar-refractivity contribution in [1.29, 1.82) is 0 Å². The molecular formula is C22H26FN5O2. The van der Waals surface area contributed by atoms with Crippen molar-refractivity contribution in [3.05, 3.63) is 69.5 Å². The third-order valence-corrected chi connectivity index (χ3v) is 5.67. The van der Waals surface area contributed by atoms with Gasteiger partial charge in [0, 0.05) is 63.3 Å². The first kappa shape index (κ1) is 20.2. The Morgan fingerprint density at radius 3 is 2.60 bits per heavy atom. The summed E-state index contributed by atoms with van der Waals surface area (Å²) in [7, 11) is 1.53. The predicted molar refractivity (Wildman–Crippen MR) is 115 cm³/mol. The van der Waals surface area contributed by atoms with Gasteiger partial charge >= 0.3 is 0 Å². The molecule has 158 valence electrons. The molecule has 2 N–H and O–H groups in total. The first-order valence-corrected chi connectivity index (χ1v) is 10.2. The molecule has 0 atom stereocenters. The zero-order valence-electron chi connectivity index (χ0n) is 17.2. The second kappa shape index (κ2) is 8.31. The number of piperazine rings is 1. The second-order valence-electron chi connectivity index (χ2n) is 7.61. The van der Waals surface area contributed by atoms with Gasteiger partial charge in [0.15, 0.2) is 0 Å². The van der Waals surface area contributed by atoms with Crippen LogP contribution in [0.25, 0.3) is 5.65 Å². The summed E-state index contributed by atoms with van der Waals surface area (Å²) in [6.07, 6.45) is 4.64. The molecule has 1 aromatic carbocycles. The summed E-state index contributed by atoms with van der Waals surface area (Å²) < 4.78 is 16.5. The standard InChI is InChI=1S/C22H26FN5O2/c1-3-16-14-28-13-15(10-20(28)25-22(16)30)12-26-6-8-27(9-7-26)19-5-4-17(11-18(19)23)21(29)24-2/h4-5,10-11,13-14H,3,6-9,12H2,1-2H3,(H,24,29)(H,25,30). The minimum Gasteiger partial charge on any atom is -0.367 e. The van der Waals surface area contributed by atoms with Crippen LogP contribution in [-0.2, 0) is 13.0 Å². The fourth-order valence-corrected chi connectivity index (χ4v) is 3.96. The number of anilines is 1. The van der Waals surface area contributed by atoms with E-state index < -0.39 is 0 Å². The van der Waals surface area contributed by atoms with Crippen LogP contribution in [-0.4, -0.2) is 53.4 Å². The number of hydrogen-bond acceptors (Lipinski definition) is 4. The van der Waals surface area contributed by atoms with Crippen molar-refractivity contribution >= 4 is 17.2 Å². The second-order valence-corrected chi connectivity index (χ2v) is 7.61. The first-order chi connectivity index (χ1) is 14.5. The number of aryl methyl sites for hydroxylation is 1. The lowest BCUT2D eigenvalue weighted by atomic mass is 10.1. The average Bonchev–Trinajstić information content (AvgIpc) is 3.14. The predicted octanol–water partition coefficient (Wildman–Crippen LogP) is 2.01. The maximum absolute atomic E-state index is 14.5. The van der Waals surface area contributed by atoms with Gasteiger partial charge in [0.25, 0.3) is 11.5 Å². The highest BCUT2D eigenvalue weighted by Crippen LogP contribution is 2.23. The lowest BCUT2D eigenvalue weighted by Crippen LogP contribution is -2.46. The van der Waals surface area contributed by atoms with Gasteiger partial charge in [-0.3, -0.25) is 14.5 Å². The quantitative estimate of drug-likeness (QED) is 0.674. The van der Waals surface area contributed by atoms with Gasteiger partial charge in [-0.2, -0.15) is 0 Å². The summed E-state index contributed by atoms with van der Waals surface area (Å²) in [5.41, 5.74) is 3.51. The monoisotopic (exact) mass is 411 g/mol. The number of H-pyrrole nitrogens is 1. The van der Waals surface area contributed by atoms with E-state index in [4.69, 9.17) is 0 Å². The molecular weight excluding hydrogens is 385 g/mol. The molecule has 1 fully saturated rings. The van der Waals surface area contributed by atoms with Crippen LogP contribution in [0.5, 0.6) is 0 Å². The summed E-state index contributed by atoms with van der Waals surface area (Å²) in [6, 6.07) is 6.63. The minimum atomic E-state index is -0.376. The van der Waals surface area contributed by atoms with E-state index in [1.165, 1.54) is 13.1 Å². The largest absolute Gasteiger partial charge is 0.367 e. The van der Waals surface area contributed by atoms with Gasteiger partial charge in [-0.05, 0) is 36.2 Å². The maximum Gasteiger partial charge on any atom is 0.254 e. The lowest BCUT2D eigenvalue weighted by Gasteiger charge is -2.36. The fraction of sp³-hybridized carbons (Fsp3) is 0.364. The number of amides is 1. The van der Waals surface area contributed by atoms with Gasteiger partial charge < -0.3 is 19.6 Å². The molecule has 1 aliphatic rings. The molecule has 0 aliphatic carbocycles. The van der Waals surface area contributed by atoms with Gasteiger partial charge in [-0.15, -0.1) is 0 Å². The van der Waals surface area contributed by atoms with E-state index in [0.717, 1.165) is 36.4 Å². The van der Waals surface area contributed by atoms with Crippen molar-refractivity contribution in [2.75, 3.05) is 38.1 Å². The number of benzene rings is 1. The van der Waals surface area contributed by atoms with Crippen LogP contribution in [0.2, 0.25) is 0 Å². The van der Waals surface area contributed by atoms with Gasteiger partial charge in [0.05, 0.1) is 5.69 Å². The third kappa shape index (κ3) is 3.95. The molecule has 30 heavy (non-hydrogen) atoms. The van der Waals surface area contributed by atoms with Crippen LogP contribution in [0, 0.1) is 5.82 Å². The van der Waals surface area contributed by atoms with E-state index in [1.54, 1.807) is 12.1 Å². The van der Waals surface area contributed by atoms with Crippen molar-refractivity contribution in [2.24, 2.45) is 0 Å². The molecule has 0 radical (unpaired) electrons. The van der Waals surface area contributed by atoms with E-state index in [0.29, 0.717) is 30.8 Å². The molecule has 1 aliphatic heterocycles. The van der Waals surface area contributed by atoms with E-state index in [1.807, 2.05) is 34.7 Å². The summed E-state index contributed by atoms with van der Waals surface area (Å²) in [5, 5.41) is 2.51. The molecule has 3 heterocycles. The molecule has 0 bridgehead atoms. The number of hydrogen-bond donors (Lipinski definition) is 2. The first-order valence-electron chi connectivity index (χ1n) is 10.2. The van der Waals surface area contributed by atoms with Crippen molar-refractivity contribution in [2.45, 2.75) is 19.9 Å². The number of aromatic nitrogens is 2. The van der Waals surface area contributed by atoms with Crippen LogP contribution in [0.3, 0.4) is 0 Å². The fourth-order valence-electron chi connectivity index (χ4n) is 3.96. The normalized spacial score (nSPS) is 15.0. The third-order valence-electron chi connectivity index (χ3n) is 5.67. The van der Waals surface area contributed by atoms with Gasteiger partial charge in [-0.25, -0.2) is 4.39 Å². The van der Waals surface area contributed by atoms with E-state index in [-0.39, 0.29) is 17.3 Å². The Morgan fingerprint density at radius 1 is 1.17 bits per heavy atom. The molecule has 8 heteroatoms. The Hall–Kier alpha value is -3.13. The lowest BCUT2D eigenvalue weighted by molar-refractivity contribution is 0.0962. The number of carbonyl (C=O) groups excluding carboxylic acids is 1. The Bertz CT molecular complexity index is 1130. The molecule has 0 spiro atoms. The Morgan fingerprint density at radius 2 is 1.93 bits per heavy atom. The Labute approximate surface area is 174 Å². The number of carbonyl (C=O) groups is 1. The molecule has 1 saturated heterocycles. The summed E-state index contributed by atoms with van der Waals surface area (Å²) in [6.45, 7) is 5.77. The number of aromatic amines is 1. The van der Waals surface area contributed by atoms with E-state index >= 15 is 0 Å². The van der Waals surface area contributed by atoms with Crippen LogP contribution < -0.4 is 15.8 Å². The smallest absolute Gasteiger partial charge is 0.254 e. The van der Waals surface area contributed by atoms with Crippen LogP contribution in [0.4, 0.5) is 10.1 Å². The van der Waals surface area contributed by atoms with Gasteiger partial charge in [-0.1, -0.05) is 6.92 Å². The topological polar surface area (TPSA) is 72.8 Å². The van der Waals surface area contributed by atoms with Crippen molar-refractivity contribution in [1.82, 2.24) is 19.6 Å². The molecule has 0 saturated carbocycles. The van der Waals surface area contributed by atoms with Crippen molar-refractivity contribution in [3.63, 3.8) is 0 Å². The van der Waals surface area contributed by atoms with Crippen LogP contribution >= 0.6 is 0 Å². The van der Waals surface area contributed by atoms with Crippen LogP contribution in [0.15, 0.2) is 41.5 Å². The summed E-state index contributed by atoms with van der Waals surface area (Å²) >= 11 is 0. The van der Waals surface area contributed by atoms with Crippen molar-refractivity contribution < 1.29 is 9.18 Å². The van der Waals surface area contributed by atoms with Gasteiger partial charge in [0.2, 0.25) is 0 Å². The van der Waals surface area contributed by atoms with Gasteiger partial charge in [0.1, 0.15) is 11.5 Å². The summed E-state index contributed by atoms with van der Waals surface area (Å²) in [5.74, 6) is -0.670. The molecule has 3 aromatic rings. The van der Waals surface area contributed by atoms with Crippen LogP contribution in [0.1, 0.15) is 28.4 Å². The number of nitrogens with zero attached hydrogens (tertiary/aromatic N) is 3. The molecule has 2 aromatic heterocycles. The number of fused-ring (bicyclic) bond motifs is 1. The minimum absolute atomic E-state index is 0.0345. The maximum atomic E-state index is 14.5. The zero-order valence-corrected chi connectivity index (χ0v) is 17.2. The molecule has 7 nitrogen and oxygen atoms in total. The average molecular weight is 411 g/mol. The zero-order chi connectivity index (χ0) is 21.3. The molecule has 0 unspecified atom stereocenters. The SMILES string of the molecule is CCc1cn2cc(CN3CCN(c4ccc(C(=O)NC)cc4F)CC3)cc2[nH]c1=O. The number of rotatable bonds is 5. The Balaban J connectivity index is 1.41. The number of halogens is 1. The molecule has 1 amide bonds. The molecule has 4 rings (SSSR count).